The number of likely N-dealkylation sites (tertiary alicyclic amines) is 1. The molecule has 0 bridgehead atoms. The van der Waals surface area contributed by atoms with E-state index in [1.165, 1.54) is 25.9 Å². The third-order valence-corrected chi connectivity index (χ3v) is 3.23. The standard InChI is InChI=1S/C10H19NO/c1-8-6-11(7-8)9-3-2-4-10(12)5-9/h8-10,12H,2-7H2,1H3. The third kappa shape index (κ3) is 1.64. The average molecular weight is 169 g/mol. The summed E-state index contributed by atoms with van der Waals surface area (Å²) in [6, 6.07) is 0.699. The van der Waals surface area contributed by atoms with Crippen LogP contribution >= 0.6 is 0 Å². The van der Waals surface area contributed by atoms with Gasteiger partial charge in [0.05, 0.1) is 6.10 Å². The molecule has 2 unspecified atom stereocenters. The highest BCUT2D eigenvalue weighted by atomic mass is 16.3. The van der Waals surface area contributed by atoms with Crippen LogP contribution in [0.3, 0.4) is 0 Å². The van der Waals surface area contributed by atoms with Crippen molar-refractivity contribution in [1.29, 1.82) is 0 Å². The minimum atomic E-state index is -0.0142. The van der Waals surface area contributed by atoms with Crippen molar-refractivity contribution in [3.63, 3.8) is 0 Å². The van der Waals surface area contributed by atoms with E-state index in [9.17, 15) is 5.11 Å². The maximum absolute atomic E-state index is 9.49. The van der Waals surface area contributed by atoms with Crippen molar-refractivity contribution >= 4 is 0 Å². The molecule has 2 rings (SSSR count). The van der Waals surface area contributed by atoms with Gasteiger partial charge >= 0.3 is 0 Å². The minimum absolute atomic E-state index is 0.0142. The van der Waals surface area contributed by atoms with Gasteiger partial charge in [-0.1, -0.05) is 6.92 Å². The van der Waals surface area contributed by atoms with Gasteiger partial charge in [0.25, 0.3) is 0 Å². The summed E-state index contributed by atoms with van der Waals surface area (Å²) in [5, 5.41) is 9.49. The average Bonchev–Trinajstić information content (AvgIpc) is 1.99. The van der Waals surface area contributed by atoms with Gasteiger partial charge in [-0.3, -0.25) is 4.90 Å². The van der Waals surface area contributed by atoms with Gasteiger partial charge in [-0.05, 0) is 31.6 Å². The zero-order chi connectivity index (χ0) is 8.55. The van der Waals surface area contributed by atoms with Crippen LogP contribution < -0.4 is 0 Å². The molecule has 1 aliphatic heterocycles. The van der Waals surface area contributed by atoms with Gasteiger partial charge in [-0.15, -0.1) is 0 Å². The molecule has 0 amide bonds. The molecular weight excluding hydrogens is 150 g/mol. The topological polar surface area (TPSA) is 23.5 Å². The molecule has 1 heterocycles. The van der Waals surface area contributed by atoms with Crippen molar-refractivity contribution in [1.82, 2.24) is 4.90 Å². The molecule has 2 heteroatoms. The van der Waals surface area contributed by atoms with Gasteiger partial charge in [0.15, 0.2) is 0 Å². The fourth-order valence-electron chi connectivity index (χ4n) is 2.52. The second kappa shape index (κ2) is 3.35. The normalized spacial score (nSPS) is 39.5. The molecule has 1 saturated heterocycles. The molecule has 2 aliphatic rings. The zero-order valence-corrected chi connectivity index (χ0v) is 7.87. The second-order valence-corrected chi connectivity index (χ2v) is 4.53. The Kier molecular flexibility index (Phi) is 2.37. The molecule has 0 aromatic carbocycles. The number of aliphatic hydroxyl groups is 1. The van der Waals surface area contributed by atoms with Crippen LogP contribution in [0.2, 0.25) is 0 Å². The molecular formula is C10H19NO. The lowest BCUT2D eigenvalue weighted by Crippen LogP contribution is -2.52. The Balaban J connectivity index is 1.80. The van der Waals surface area contributed by atoms with E-state index in [0.717, 1.165) is 18.8 Å². The van der Waals surface area contributed by atoms with E-state index in [-0.39, 0.29) is 6.10 Å². The highest BCUT2D eigenvalue weighted by Crippen LogP contribution is 2.28. The Morgan fingerprint density at radius 1 is 1.25 bits per heavy atom. The lowest BCUT2D eigenvalue weighted by Gasteiger charge is -2.45. The SMILES string of the molecule is CC1CN(C2CCCC(O)C2)C1. The minimum Gasteiger partial charge on any atom is -0.393 e. The Morgan fingerprint density at radius 2 is 2.00 bits per heavy atom. The fraction of sp³-hybridized carbons (Fsp3) is 1.00. The molecule has 12 heavy (non-hydrogen) atoms. The van der Waals surface area contributed by atoms with E-state index in [1.54, 1.807) is 0 Å². The fourth-order valence-corrected chi connectivity index (χ4v) is 2.52. The number of hydrogen-bond donors (Lipinski definition) is 1. The first-order chi connectivity index (χ1) is 5.75. The number of hydrogen-bond acceptors (Lipinski definition) is 2. The van der Waals surface area contributed by atoms with Crippen LogP contribution in [0.15, 0.2) is 0 Å². The molecule has 1 aliphatic carbocycles. The van der Waals surface area contributed by atoms with Crippen molar-refractivity contribution in [2.75, 3.05) is 13.1 Å². The summed E-state index contributed by atoms with van der Waals surface area (Å²) in [6.07, 6.45) is 4.56. The van der Waals surface area contributed by atoms with Crippen molar-refractivity contribution in [2.45, 2.75) is 44.8 Å². The van der Waals surface area contributed by atoms with Gasteiger partial charge < -0.3 is 5.11 Å². The van der Waals surface area contributed by atoms with Crippen molar-refractivity contribution in [3.05, 3.63) is 0 Å². The van der Waals surface area contributed by atoms with E-state index < -0.39 is 0 Å². The van der Waals surface area contributed by atoms with E-state index in [4.69, 9.17) is 0 Å². The number of rotatable bonds is 1. The maximum Gasteiger partial charge on any atom is 0.0555 e. The first-order valence-corrected chi connectivity index (χ1v) is 5.18. The first-order valence-electron chi connectivity index (χ1n) is 5.18. The monoisotopic (exact) mass is 169 g/mol. The largest absolute Gasteiger partial charge is 0.393 e. The lowest BCUT2D eigenvalue weighted by molar-refractivity contribution is 0.00607. The van der Waals surface area contributed by atoms with Gasteiger partial charge in [0, 0.05) is 19.1 Å². The third-order valence-electron chi connectivity index (χ3n) is 3.23. The van der Waals surface area contributed by atoms with Crippen LogP contribution in [0.25, 0.3) is 0 Å². The predicted molar refractivity (Wildman–Crippen MR) is 49.0 cm³/mol. The van der Waals surface area contributed by atoms with Crippen molar-refractivity contribution in [3.8, 4) is 0 Å². The summed E-state index contributed by atoms with van der Waals surface area (Å²) in [4.78, 5) is 2.53. The molecule has 1 saturated carbocycles. The summed E-state index contributed by atoms with van der Waals surface area (Å²) in [7, 11) is 0. The molecule has 2 atom stereocenters. The lowest BCUT2D eigenvalue weighted by atomic mass is 9.88. The predicted octanol–water partition coefficient (Wildman–Crippen LogP) is 1.24. The Hall–Kier alpha value is -0.0800. The molecule has 1 N–H and O–H groups in total. The van der Waals surface area contributed by atoms with Crippen LogP contribution in [0.4, 0.5) is 0 Å². The number of aliphatic hydroxyl groups excluding tert-OH is 1. The van der Waals surface area contributed by atoms with Crippen LogP contribution in [0.5, 0.6) is 0 Å². The van der Waals surface area contributed by atoms with Gasteiger partial charge in [-0.2, -0.15) is 0 Å². The van der Waals surface area contributed by atoms with E-state index in [2.05, 4.69) is 11.8 Å². The second-order valence-electron chi connectivity index (χ2n) is 4.53. The zero-order valence-electron chi connectivity index (χ0n) is 7.87. The summed E-state index contributed by atoms with van der Waals surface area (Å²) in [5.41, 5.74) is 0. The highest BCUT2D eigenvalue weighted by molar-refractivity contribution is 4.86. The molecule has 0 spiro atoms. The smallest absolute Gasteiger partial charge is 0.0555 e. The van der Waals surface area contributed by atoms with E-state index in [1.807, 2.05) is 0 Å². The van der Waals surface area contributed by atoms with E-state index in [0.29, 0.717) is 6.04 Å². The van der Waals surface area contributed by atoms with Crippen LogP contribution in [0, 0.1) is 5.92 Å². The highest BCUT2D eigenvalue weighted by Gasteiger charge is 2.32. The van der Waals surface area contributed by atoms with Crippen LogP contribution in [0.1, 0.15) is 32.6 Å². The molecule has 2 nitrogen and oxygen atoms in total. The Morgan fingerprint density at radius 3 is 2.58 bits per heavy atom. The maximum atomic E-state index is 9.49. The van der Waals surface area contributed by atoms with Crippen molar-refractivity contribution in [2.24, 2.45) is 5.92 Å². The van der Waals surface area contributed by atoms with E-state index >= 15 is 0 Å². The Labute approximate surface area is 74.6 Å². The van der Waals surface area contributed by atoms with Crippen molar-refractivity contribution < 1.29 is 5.11 Å². The summed E-state index contributed by atoms with van der Waals surface area (Å²) < 4.78 is 0. The summed E-state index contributed by atoms with van der Waals surface area (Å²) >= 11 is 0. The summed E-state index contributed by atoms with van der Waals surface area (Å²) in [5.74, 6) is 0.893. The van der Waals surface area contributed by atoms with Gasteiger partial charge in [0.1, 0.15) is 0 Å². The first kappa shape index (κ1) is 8.52. The summed E-state index contributed by atoms with van der Waals surface area (Å²) in [6.45, 7) is 4.82. The van der Waals surface area contributed by atoms with Gasteiger partial charge in [-0.25, -0.2) is 0 Å². The molecule has 0 radical (unpaired) electrons. The van der Waals surface area contributed by atoms with Crippen LogP contribution in [-0.4, -0.2) is 35.2 Å². The molecule has 70 valence electrons. The quantitative estimate of drug-likeness (QED) is 0.638. The molecule has 0 aromatic heterocycles. The number of nitrogens with zero attached hydrogens (tertiary/aromatic N) is 1. The molecule has 2 fully saturated rings. The Bertz CT molecular complexity index is 154. The van der Waals surface area contributed by atoms with Crippen LogP contribution in [-0.2, 0) is 0 Å². The molecule has 0 aromatic rings. The van der Waals surface area contributed by atoms with Gasteiger partial charge in [0.2, 0.25) is 0 Å².